The first-order valence-corrected chi connectivity index (χ1v) is 9.02. The number of methoxy groups -OCH3 is 1. The lowest BCUT2D eigenvalue weighted by molar-refractivity contribution is -0.121. The summed E-state index contributed by atoms with van der Waals surface area (Å²) in [5.41, 5.74) is 3.48. The van der Waals surface area contributed by atoms with Crippen molar-refractivity contribution in [2.45, 2.75) is 19.3 Å². The number of phenolic OH excluding ortho intramolecular Hbond substituents is 1. The van der Waals surface area contributed by atoms with Crippen molar-refractivity contribution in [2.24, 2.45) is 5.10 Å². The number of carbonyl (C=O) groups is 2. The van der Waals surface area contributed by atoms with Gasteiger partial charge in [0.25, 0.3) is 0 Å². The lowest BCUT2D eigenvalue weighted by Crippen LogP contribution is -2.18. The predicted molar refractivity (Wildman–Crippen MR) is 107 cm³/mol. The van der Waals surface area contributed by atoms with Crippen LogP contribution in [0.15, 0.2) is 52.0 Å². The summed E-state index contributed by atoms with van der Waals surface area (Å²) in [7, 11) is 1.45. The highest BCUT2D eigenvalue weighted by molar-refractivity contribution is 9.10. The molecule has 3 N–H and O–H groups in total. The van der Waals surface area contributed by atoms with Crippen LogP contribution in [-0.4, -0.2) is 30.2 Å². The zero-order valence-corrected chi connectivity index (χ0v) is 16.3. The molecule has 2 rings (SSSR count). The van der Waals surface area contributed by atoms with Crippen molar-refractivity contribution in [1.82, 2.24) is 5.43 Å². The molecule has 0 aliphatic heterocycles. The zero-order valence-electron chi connectivity index (χ0n) is 14.7. The van der Waals surface area contributed by atoms with E-state index in [-0.39, 0.29) is 30.4 Å². The van der Waals surface area contributed by atoms with Crippen LogP contribution in [0.1, 0.15) is 24.8 Å². The minimum absolute atomic E-state index is 0.0535. The molecule has 2 aromatic rings. The molecular weight excluding hydrogens is 414 g/mol. The smallest absolute Gasteiger partial charge is 0.240 e. The molecule has 0 fully saturated rings. The Morgan fingerprint density at radius 3 is 2.67 bits per heavy atom. The first kappa shape index (κ1) is 20.4. The van der Waals surface area contributed by atoms with Gasteiger partial charge in [0.2, 0.25) is 11.8 Å². The molecule has 0 saturated heterocycles. The number of rotatable bonds is 8. The summed E-state index contributed by atoms with van der Waals surface area (Å²) in [6.45, 7) is 0. The van der Waals surface area contributed by atoms with Crippen molar-refractivity contribution in [1.29, 1.82) is 0 Å². The Labute approximate surface area is 165 Å². The molecule has 0 unspecified atom stereocenters. The van der Waals surface area contributed by atoms with Gasteiger partial charge in [-0.25, -0.2) is 5.43 Å². The number of nitrogens with zero attached hydrogens (tertiary/aromatic N) is 1. The lowest BCUT2D eigenvalue weighted by atomic mass is 10.2. The number of nitrogens with one attached hydrogen (secondary N) is 2. The number of hydrogen-bond acceptors (Lipinski definition) is 5. The van der Waals surface area contributed by atoms with E-state index in [0.717, 1.165) is 4.47 Å². The Morgan fingerprint density at radius 1 is 1.19 bits per heavy atom. The van der Waals surface area contributed by atoms with E-state index >= 15 is 0 Å². The van der Waals surface area contributed by atoms with Crippen LogP contribution in [0.4, 0.5) is 5.69 Å². The number of aromatic hydroxyl groups is 1. The molecule has 0 radical (unpaired) electrons. The van der Waals surface area contributed by atoms with Crippen molar-refractivity contribution >= 4 is 39.6 Å². The van der Waals surface area contributed by atoms with Crippen LogP contribution < -0.4 is 15.5 Å². The average molecular weight is 434 g/mol. The molecule has 0 spiro atoms. The fourth-order valence-electron chi connectivity index (χ4n) is 2.24. The maximum Gasteiger partial charge on any atom is 0.240 e. The number of benzene rings is 2. The molecule has 142 valence electrons. The fraction of sp³-hybridized carbons (Fsp3) is 0.211. The van der Waals surface area contributed by atoms with E-state index in [4.69, 9.17) is 4.74 Å². The molecule has 0 aliphatic rings. The summed E-state index contributed by atoms with van der Waals surface area (Å²) in [5.74, 6) is -0.210. The second-order valence-corrected chi connectivity index (χ2v) is 6.52. The van der Waals surface area contributed by atoms with E-state index in [1.807, 2.05) is 12.1 Å². The molecule has 0 aliphatic carbocycles. The topological polar surface area (TPSA) is 100 Å². The molecule has 0 saturated carbocycles. The Hall–Kier alpha value is -2.87. The summed E-state index contributed by atoms with van der Waals surface area (Å²) < 4.78 is 5.87. The first-order chi connectivity index (χ1) is 13.0. The second kappa shape index (κ2) is 10.3. The Morgan fingerprint density at radius 2 is 1.93 bits per heavy atom. The van der Waals surface area contributed by atoms with Gasteiger partial charge in [0.1, 0.15) is 0 Å². The zero-order chi connectivity index (χ0) is 19.6. The van der Waals surface area contributed by atoms with E-state index in [2.05, 4.69) is 31.8 Å². The predicted octanol–water partition coefficient (Wildman–Crippen LogP) is 3.42. The van der Waals surface area contributed by atoms with E-state index in [1.165, 1.54) is 13.3 Å². The van der Waals surface area contributed by atoms with Crippen LogP contribution >= 0.6 is 15.9 Å². The van der Waals surface area contributed by atoms with Crippen molar-refractivity contribution < 1.29 is 19.4 Å². The highest BCUT2D eigenvalue weighted by atomic mass is 79.9. The van der Waals surface area contributed by atoms with Gasteiger partial charge >= 0.3 is 0 Å². The van der Waals surface area contributed by atoms with Crippen molar-refractivity contribution in [3.63, 3.8) is 0 Å². The van der Waals surface area contributed by atoms with E-state index < -0.39 is 0 Å². The standard InChI is InChI=1S/C19H20BrN3O4/c1-27-16-8-2-5-13(19(16)26)12-21-23-18(25)10-4-9-17(24)22-15-7-3-6-14(20)11-15/h2-3,5-8,11-12,26H,4,9-10H2,1H3,(H,22,24)(H,23,25)/b21-12-. The van der Waals surface area contributed by atoms with Gasteiger partial charge in [0.05, 0.1) is 13.3 Å². The van der Waals surface area contributed by atoms with Gasteiger partial charge in [-0.1, -0.05) is 28.1 Å². The molecule has 0 aromatic heterocycles. The number of phenols is 1. The Bertz CT molecular complexity index is 839. The number of ether oxygens (including phenoxy) is 1. The van der Waals surface area contributed by atoms with Crippen LogP contribution in [0.25, 0.3) is 0 Å². The molecular formula is C19H20BrN3O4. The quantitative estimate of drug-likeness (QED) is 0.438. The monoisotopic (exact) mass is 433 g/mol. The van der Waals surface area contributed by atoms with Crippen LogP contribution in [-0.2, 0) is 9.59 Å². The Kier molecular flexibility index (Phi) is 7.81. The van der Waals surface area contributed by atoms with Crippen LogP contribution in [0.5, 0.6) is 11.5 Å². The van der Waals surface area contributed by atoms with E-state index in [1.54, 1.807) is 30.3 Å². The average Bonchev–Trinajstić information content (AvgIpc) is 2.63. The first-order valence-electron chi connectivity index (χ1n) is 8.23. The Balaban J connectivity index is 1.72. The van der Waals surface area contributed by atoms with Gasteiger partial charge in [-0.15, -0.1) is 0 Å². The molecule has 0 heterocycles. The van der Waals surface area contributed by atoms with Gasteiger partial charge in [-0.2, -0.15) is 5.10 Å². The molecule has 2 aromatic carbocycles. The summed E-state index contributed by atoms with van der Waals surface area (Å²) in [6, 6.07) is 12.2. The normalized spacial score (nSPS) is 10.6. The number of para-hydroxylation sites is 1. The highest BCUT2D eigenvalue weighted by Gasteiger charge is 2.07. The number of halogens is 1. The van der Waals surface area contributed by atoms with Crippen LogP contribution in [0, 0.1) is 0 Å². The van der Waals surface area contributed by atoms with Gasteiger partial charge in [0.15, 0.2) is 11.5 Å². The van der Waals surface area contributed by atoms with Gasteiger partial charge < -0.3 is 15.2 Å². The number of amides is 2. The maximum atomic E-state index is 11.9. The van der Waals surface area contributed by atoms with Crippen LogP contribution in [0.3, 0.4) is 0 Å². The molecule has 7 nitrogen and oxygen atoms in total. The van der Waals surface area contributed by atoms with Crippen molar-refractivity contribution in [2.75, 3.05) is 12.4 Å². The summed E-state index contributed by atoms with van der Waals surface area (Å²) in [6.07, 6.45) is 2.11. The summed E-state index contributed by atoms with van der Waals surface area (Å²) >= 11 is 3.34. The SMILES string of the molecule is COc1cccc(/C=N\NC(=O)CCCC(=O)Nc2cccc(Br)c2)c1O. The third-order valence-electron chi connectivity index (χ3n) is 3.56. The maximum absolute atomic E-state index is 11.9. The highest BCUT2D eigenvalue weighted by Crippen LogP contribution is 2.27. The van der Waals surface area contributed by atoms with Gasteiger partial charge in [0, 0.05) is 28.6 Å². The largest absolute Gasteiger partial charge is 0.504 e. The number of hydrogen-bond donors (Lipinski definition) is 3. The number of anilines is 1. The van der Waals surface area contributed by atoms with E-state index in [9.17, 15) is 14.7 Å². The van der Waals surface area contributed by atoms with Gasteiger partial charge in [-0.05, 0) is 36.8 Å². The number of carbonyl (C=O) groups excluding carboxylic acids is 2. The van der Waals surface area contributed by atoms with Crippen molar-refractivity contribution in [3.05, 3.63) is 52.5 Å². The molecule has 8 heteroatoms. The summed E-state index contributed by atoms with van der Waals surface area (Å²) in [4.78, 5) is 23.7. The second-order valence-electron chi connectivity index (χ2n) is 5.60. The fourth-order valence-corrected chi connectivity index (χ4v) is 2.64. The summed E-state index contributed by atoms with van der Waals surface area (Å²) in [5, 5.41) is 16.5. The minimum Gasteiger partial charge on any atom is -0.504 e. The van der Waals surface area contributed by atoms with Crippen LogP contribution in [0.2, 0.25) is 0 Å². The number of hydrazone groups is 1. The molecule has 0 atom stereocenters. The molecule has 27 heavy (non-hydrogen) atoms. The lowest BCUT2D eigenvalue weighted by Gasteiger charge is -2.06. The third kappa shape index (κ3) is 6.74. The van der Waals surface area contributed by atoms with Crippen molar-refractivity contribution in [3.8, 4) is 11.5 Å². The molecule has 0 bridgehead atoms. The third-order valence-corrected chi connectivity index (χ3v) is 4.05. The van der Waals surface area contributed by atoms with Gasteiger partial charge in [-0.3, -0.25) is 9.59 Å². The molecule has 2 amide bonds. The van der Waals surface area contributed by atoms with E-state index in [0.29, 0.717) is 23.4 Å². The minimum atomic E-state index is -0.316.